The number of anilines is 1. The molecule has 0 bridgehead atoms. The highest BCUT2D eigenvalue weighted by atomic mass is 16.5. The van der Waals surface area contributed by atoms with E-state index in [1.165, 1.54) is 7.11 Å². The van der Waals surface area contributed by atoms with Crippen LogP contribution in [0.4, 0.5) is 5.69 Å². The number of hydrogen-bond acceptors (Lipinski definition) is 4. The fourth-order valence-electron chi connectivity index (χ4n) is 2.51. The Morgan fingerprint density at radius 3 is 2.52 bits per heavy atom. The summed E-state index contributed by atoms with van der Waals surface area (Å²) < 4.78 is 10.8. The van der Waals surface area contributed by atoms with Crippen LogP contribution in [0.2, 0.25) is 0 Å². The molecule has 0 aliphatic carbocycles. The van der Waals surface area contributed by atoms with E-state index in [1.807, 2.05) is 38.1 Å². The van der Waals surface area contributed by atoms with E-state index < -0.39 is 0 Å². The molecule has 0 aromatic heterocycles. The zero-order valence-electron chi connectivity index (χ0n) is 16.2. The molecule has 2 aromatic rings. The summed E-state index contributed by atoms with van der Waals surface area (Å²) in [6, 6.07) is 12.6. The zero-order chi connectivity index (χ0) is 19.8. The monoisotopic (exact) mass is 370 g/mol. The minimum absolute atomic E-state index is 0.0419. The van der Waals surface area contributed by atoms with Crippen LogP contribution in [-0.4, -0.2) is 31.6 Å². The molecule has 0 atom stereocenters. The number of carbonyl (C=O) groups is 2. The maximum atomic E-state index is 12.5. The highest BCUT2D eigenvalue weighted by Gasteiger charge is 2.13. The van der Waals surface area contributed by atoms with Crippen molar-refractivity contribution in [2.24, 2.45) is 0 Å². The molecule has 27 heavy (non-hydrogen) atoms. The second kappa shape index (κ2) is 9.62. The highest BCUT2D eigenvalue weighted by Crippen LogP contribution is 2.28. The second-order valence-corrected chi connectivity index (χ2v) is 6.38. The zero-order valence-corrected chi connectivity index (χ0v) is 16.2. The standard InChI is InChI=1S/C21H26N2O4/c1-5-15-7-6-8-17(11-15)23-21(25)16-9-10-18(19(12-16)26-4)27-13-20(24)22-14(2)3/h6-12,14H,5,13H2,1-4H3,(H,22,24)(H,23,25). The molecule has 0 radical (unpaired) electrons. The molecular formula is C21H26N2O4. The number of benzene rings is 2. The van der Waals surface area contributed by atoms with Crippen LogP contribution in [0.3, 0.4) is 0 Å². The van der Waals surface area contributed by atoms with Crippen molar-refractivity contribution in [1.82, 2.24) is 5.32 Å². The number of nitrogens with one attached hydrogen (secondary N) is 2. The van der Waals surface area contributed by atoms with Gasteiger partial charge in [-0.15, -0.1) is 0 Å². The number of methoxy groups -OCH3 is 1. The average Bonchev–Trinajstić information content (AvgIpc) is 2.65. The van der Waals surface area contributed by atoms with Crippen LogP contribution in [0.25, 0.3) is 0 Å². The molecule has 0 fully saturated rings. The Hall–Kier alpha value is -3.02. The van der Waals surface area contributed by atoms with Gasteiger partial charge in [0.1, 0.15) is 0 Å². The topological polar surface area (TPSA) is 76.7 Å². The van der Waals surface area contributed by atoms with Crippen LogP contribution >= 0.6 is 0 Å². The van der Waals surface area contributed by atoms with Crippen molar-refractivity contribution in [3.63, 3.8) is 0 Å². The first-order valence-corrected chi connectivity index (χ1v) is 8.93. The van der Waals surface area contributed by atoms with Crippen LogP contribution < -0.4 is 20.1 Å². The summed E-state index contributed by atoms with van der Waals surface area (Å²) in [6.07, 6.45) is 0.897. The van der Waals surface area contributed by atoms with Gasteiger partial charge in [0.15, 0.2) is 18.1 Å². The summed E-state index contributed by atoms with van der Waals surface area (Å²) in [7, 11) is 1.49. The summed E-state index contributed by atoms with van der Waals surface area (Å²) in [5, 5.41) is 5.62. The van der Waals surface area contributed by atoms with Gasteiger partial charge in [0.05, 0.1) is 7.11 Å². The minimum atomic E-state index is -0.245. The molecule has 0 aliphatic rings. The first-order chi connectivity index (χ1) is 12.9. The third-order valence-corrected chi connectivity index (χ3v) is 3.83. The number of ether oxygens (including phenoxy) is 2. The first kappa shape index (κ1) is 20.3. The van der Waals surface area contributed by atoms with Gasteiger partial charge in [-0.3, -0.25) is 9.59 Å². The van der Waals surface area contributed by atoms with E-state index in [0.29, 0.717) is 17.1 Å². The summed E-state index contributed by atoms with van der Waals surface area (Å²) in [5.41, 5.74) is 2.32. The summed E-state index contributed by atoms with van der Waals surface area (Å²) >= 11 is 0. The van der Waals surface area contributed by atoms with Crippen LogP contribution in [0.1, 0.15) is 36.7 Å². The van der Waals surface area contributed by atoms with E-state index in [1.54, 1.807) is 18.2 Å². The Kier molecular flexibility index (Phi) is 7.23. The maximum Gasteiger partial charge on any atom is 0.258 e. The lowest BCUT2D eigenvalue weighted by molar-refractivity contribution is -0.123. The molecule has 2 amide bonds. The van der Waals surface area contributed by atoms with Gasteiger partial charge >= 0.3 is 0 Å². The summed E-state index contributed by atoms with van der Waals surface area (Å²) in [5.74, 6) is 0.332. The van der Waals surface area contributed by atoms with Crippen molar-refractivity contribution in [3.8, 4) is 11.5 Å². The molecule has 6 heteroatoms. The normalized spacial score (nSPS) is 10.4. The van der Waals surface area contributed by atoms with Crippen LogP contribution in [-0.2, 0) is 11.2 Å². The van der Waals surface area contributed by atoms with Crippen molar-refractivity contribution >= 4 is 17.5 Å². The molecule has 2 aromatic carbocycles. The SMILES string of the molecule is CCc1cccc(NC(=O)c2ccc(OCC(=O)NC(C)C)c(OC)c2)c1. The molecule has 0 spiro atoms. The summed E-state index contributed by atoms with van der Waals surface area (Å²) in [4.78, 5) is 24.2. The number of amides is 2. The molecule has 2 rings (SSSR count). The Bertz CT molecular complexity index is 803. The van der Waals surface area contributed by atoms with Gasteiger partial charge in [-0.25, -0.2) is 0 Å². The largest absolute Gasteiger partial charge is 0.493 e. The second-order valence-electron chi connectivity index (χ2n) is 6.38. The van der Waals surface area contributed by atoms with E-state index in [0.717, 1.165) is 17.7 Å². The van der Waals surface area contributed by atoms with E-state index in [2.05, 4.69) is 17.6 Å². The number of aryl methyl sites for hydroxylation is 1. The fourth-order valence-corrected chi connectivity index (χ4v) is 2.51. The van der Waals surface area contributed by atoms with Crippen molar-refractivity contribution in [2.45, 2.75) is 33.2 Å². The van der Waals surface area contributed by atoms with Crippen LogP contribution in [0.5, 0.6) is 11.5 Å². The van der Waals surface area contributed by atoms with Gasteiger partial charge in [0.2, 0.25) is 0 Å². The number of rotatable bonds is 8. The van der Waals surface area contributed by atoms with E-state index >= 15 is 0 Å². The third-order valence-electron chi connectivity index (χ3n) is 3.83. The molecule has 0 saturated carbocycles. The van der Waals surface area contributed by atoms with Crippen LogP contribution in [0, 0.1) is 0 Å². The highest BCUT2D eigenvalue weighted by molar-refractivity contribution is 6.04. The molecule has 6 nitrogen and oxygen atoms in total. The van der Waals surface area contributed by atoms with Gasteiger partial charge in [0.25, 0.3) is 11.8 Å². The molecule has 2 N–H and O–H groups in total. The van der Waals surface area contributed by atoms with Gasteiger partial charge in [-0.1, -0.05) is 19.1 Å². The van der Waals surface area contributed by atoms with Crippen molar-refractivity contribution in [1.29, 1.82) is 0 Å². The molecule has 0 heterocycles. The van der Waals surface area contributed by atoms with E-state index in [9.17, 15) is 9.59 Å². The van der Waals surface area contributed by atoms with E-state index in [4.69, 9.17) is 9.47 Å². The maximum absolute atomic E-state index is 12.5. The summed E-state index contributed by atoms with van der Waals surface area (Å²) in [6.45, 7) is 5.69. The Labute approximate surface area is 159 Å². The Morgan fingerprint density at radius 2 is 1.85 bits per heavy atom. The van der Waals surface area contributed by atoms with Gasteiger partial charge in [-0.2, -0.15) is 0 Å². The Morgan fingerprint density at radius 1 is 1.07 bits per heavy atom. The van der Waals surface area contributed by atoms with Gasteiger partial charge in [-0.05, 0) is 56.2 Å². The van der Waals surface area contributed by atoms with Crippen LogP contribution in [0.15, 0.2) is 42.5 Å². The van der Waals surface area contributed by atoms with Crippen molar-refractivity contribution in [3.05, 3.63) is 53.6 Å². The van der Waals surface area contributed by atoms with Gasteiger partial charge < -0.3 is 20.1 Å². The average molecular weight is 370 g/mol. The number of hydrogen-bond donors (Lipinski definition) is 2. The lowest BCUT2D eigenvalue weighted by Crippen LogP contribution is -2.34. The minimum Gasteiger partial charge on any atom is -0.493 e. The van der Waals surface area contributed by atoms with Gasteiger partial charge in [0, 0.05) is 17.3 Å². The first-order valence-electron chi connectivity index (χ1n) is 8.93. The lowest BCUT2D eigenvalue weighted by atomic mass is 10.1. The quantitative estimate of drug-likeness (QED) is 0.747. The molecule has 0 aliphatic heterocycles. The number of carbonyl (C=O) groups excluding carboxylic acids is 2. The molecular weight excluding hydrogens is 344 g/mol. The predicted molar refractivity (Wildman–Crippen MR) is 106 cm³/mol. The smallest absolute Gasteiger partial charge is 0.258 e. The fraction of sp³-hybridized carbons (Fsp3) is 0.333. The Balaban J connectivity index is 2.07. The molecule has 0 saturated heterocycles. The third kappa shape index (κ3) is 6.02. The van der Waals surface area contributed by atoms with Crippen molar-refractivity contribution < 1.29 is 19.1 Å². The molecule has 0 unspecified atom stereocenters. The molecule has 144 valence electrons. The lowest BCUT2D eigenvalue weighted by Gasteiger charge is -2.13. The predicted octanol–water partition coefficient (Wildman–Crippen LogP) is 3.41. The van der Waals surface area contributed by atoms with E-state index in [-0.39, 0.29) is 24.5 Å². The van der Waals surface area contributed by atoms with Crippen molar-refractivity contribution in [2.75, 3.05) is 19.0 Å².